The third-order valence-corrected chi connectivity index (χ3v) is 1.56. The molecule has 8 heteroatoms. The Kier molecular flexibility index (Phi) is 9.71. The summed E-state index contributed by atoms with van der Waals surface area (Å²) < 4.78 is 0. The minimum Gasteiger partial charge on any atom is -0.480 e. The van der Waals surface area contributed by atoms with Crippen molar-refractivity contribution < 1.29 is 30.0 Å². The zero-order chi connectivity index (χ0) is 13.3. The molecule has 0 saturated heterocycles. The number of hydrogen-bond acceptors (Lipinski definition) is 6. The summed E-state index contributed by atoms with van der Waals surface area (Å²) in [5.74, 6) is -2.25. The molecule has 8 nitrogen and oxygen atoms in total. The summed E-state index contributed by atoms with van der Waals surface area (Å²) in [7, 11) is 0. The number of carboxylic acids is 2. The van der Waals surface area contributed by atoms with Crippen LogP contribution in [0, 0.1) is 0 Å². The van der Waals surface area contributed by atoms with Gasteiger partial charge in [0, 0.05) is 6.61 Å². The quantitative estimate of drug-likeness (QED) is 0.307. The molecule has 0 aromatic rings. The highest BCUT2D eigenvalue weighted by atomic mass is 16.4. The zero-order valence-electron chi connectivity index (χ0n) is 8.91. The first-order chi connectivity index (χ1) is 7.23. The third kappa shape index (κ3) is 9.34. The van der Waals surface area contributed by atoms with Gasteiger partial charge in [0.2, 0.25) is 0 Å². The van der Waals surface area contributed by atoms with Gasteiger partial charge in [-0.2, -0.15) is 0 Å². The van der Waals surface area contributed by atoms with Gasteiger partial charge >= 0.3 is 11.9 Å². The fourth-order valence-corrected chi connectivity index (χ4v) is 0.469. The molecule has 0 heterocycles. The van der Waals surface area contributed by atoms with Crippen LogP contribution in [-0.2, 0) is 9.59 Å². The molecule has 0 radical (unpaired) electrons. The molecule has 0 amide bonds. The predicted molar refractivity (Wildman–Crippen MR) is 54.6 cm³/mol. The number of aliphatic hydroxyl groups is 2. The second kappa shape index (κ2) is 9.04. The van der Waals surface area contributed by atoms with Crippen LogP contribution in [0.5, 0.6) is 0 Å². The molecule has 0 aromatic heterocycles. The normalized spacial score (nSPS) is 15.3. The first-order valence-corrected chi connectivity index (χ1v) is 4.49. The summed E-state index contributed by atoms with van der Waals surface area (Å²) in [5, 5.41) is 32.8. The van der Waals surface area contributed by atoms with Gasteiger partial charge in [-0.25, -0.2) is 0 Å². The summed E-state index contributed by atoms with van der Waals surface area (Å²) in [6, 6.07) is -2.07. The largest absolute Gasteiger partial charge is 0.480 e. The standard InChI is InChI=1S/2C4H9NO3/c1-2(6)3(5)4(7)8;5-3(1-2-6)4(7)8/h2-3,6H,5H2,1H3,(H,7,8);3,6H,1-2,5H2,(H,7,8). The van der Waals surface area contributed by atoms with Crippen LogP contribution in [0.1, 0.15) is 13.3 Å². The van der Waals surface area contributed by atoms with Crippen LogP contribution in [0.15, 0.2) is 0 Å². The van der Waals surface area contributed by atoms with Gasteiger partial charge < -0.3 is 31.9 Å². The molecule has 0 aliphatic rings. The van der Waals surface area contributed by atoms with Crippen molar-refractivity contribution in [1.82, 2.24) is 0 Å². The van der Waals surface area contributed by atoms with Gasteiger partial charge in [0.05, 0.1) is 6.10 Å². The number of aliphatic carboxylic acids is 2. The maximum absolute atomic E-state index is 9.86. The molecule has 16 heavy (non-hydrogen) atoms. The van der Waals surface area contributed by atoms with Crippen molar-refractivity contribution in [3.63, 3.8) is 0 Å². The first kappa shape index (κ1) is 17.2. The molecule has 3 unspecified atom stereocenters. The Balaban J connectivity index is 0. The SMILES string of the molecule is CC(O)C(N)C(=O)O.NC(CCO)C(=O)O. The van der Waals surface area contributed by atoms with Crippen molar-refractivity contribution in [1.29, 1.82) is 0 Å². The Morgan fingerprint density at radius 1 is 1.19 bits per heavy atom. The Morgan fingerprint density at radius 3 is 1.69 bits per heavy atom. The lowest BCUT2D eigenvalue weighted by Crippen LogP contribution is -2.39. The Bertz CT molecular complexity index is 221. The fourth-order valence-electron chi connectivity index (χ4n) is 0.469. The monoisotopic (exact) mass is 238 g/mol. The first-order valence-electron chi connectivity index (χ1n) is 4.49. The molecule has 3 atom stereocenters. The fraction of sp³-hybridized carbons (Fsp3) is 0.750. The molecule has 96 valence electrons. The van der Waals surface area contributed by atoms with Crippen molar-refractivity contribution in [2.45, 2.75) is 31.5 Å². The van der Waals surface area contributed by atoms with Crippen LogP contribution in [-0.4, -0.2) is 57.2 Å². The minimum absolute atomic E-state index is 0.120. The average molecular weight is 238 g/mol. The van der Waals surface area contributed by atoms with E-state index in [-0.39, 0.29) is 13.0 Å². The van der Waals surface area contributed by atoms with Gasteiger partial charge in [0.25, 0.3) is 0 Å². The Morgan fingerprint density at radius 2 is 1.62 bits per heavy atom. The summed E-state index contributed by atoms with van der Waals surface area (Å²) >= 11 is 0. The highest BCUT2D eigenvalue weighted by Crippen LogP contribution is 1.86. The second-order valence-corrected chi connectivity index (χ2v) is 3.06. The molecular formula is C8H18N2O6. The van der Waals surface area contributed by atoms with Crippen LogP contribution in [0.2, 0.25) is 0 Å². The molecular weight excluding hydrogens is 220 g/mol. The van der Waals surface area contributed by atoms with Gasteiger partial charge in [-0.3, -0.25) is 9.59 Å². The number of hydrogen-bond donors (Lipinski definition) is 6. The molecule has 8 N–H and O–H groups in total. The maximum atomic E-state index is 9.86. The topological polar surface area (TPSA) is 167 Å². The lowest BCUT2D eigenvalue weighted by atomic mass is 10.2. The summed E-state index contributed by atoms with van der Waals surface area (Å²) in [5.41, 5.74) is 9.88. The highest BCUT2D eigenvalue weighted by Gasteiger charge is 2.16. The molecule has 0 spiro atoms. The Hall–Kier alpha value is -1.22. The van der Waals surface area contributed by atoms with Crippen LogP contribution in [0.3, 0.4) is 0 Å². The second-order valence-electron chi connectivity index (χ2n) is 3.06. The van der Waals surface area contributed by atoms with Gasteiger partial charge in [-0.15, -0.1) is 0 Å². The number of rotatable bonds is 5. The van der Waals surface area contributed by atoms with E-state index in [0.717, 1.165) is 0 Å². The van der Waals surface area contributed by atoms with Gasteiger partial charge in [-0.05, 0) is 13.3 Å². The van der Waals surface area contributed by atoms with Gasteiger partial charge in [0.1, 0.15) is 12.1 Å². The van der Waals surface area contributed by atoms with E-state index in [4.69, 9.17) is 31.9 Å². The number of nitrogens with two attached hydrogens (primary N) is 2. The van der Waals surface area contributed by atoms with Crippen LogP contribution in [0.4, 0.5) is 0 Å². The zero-order valence-corrected chi connectivity index (χ0v) is 8.91. The van der Waals surface area contributed by atoms with Crippen LogP contribution in [0.25, 0.3) is 0 Å². The lowest BCUT2D eigenvalue weighted by Gasteiger charge is -2.06. The van der Waals surface area contributed by atoms with Crippen molar-refractivity contribution in [3.8, 4) is 0 Å². The smallest absolute Gasteiger partial charge is 0.323 e. The van der Waals surface area contributed by atoms with Crippen LogP contribution < -0.4 is 11.5 Å². The van der Waals surface area contributed by atoms with E-state index >= 15 is 0 Å². The van der Waals surface area contributed by atoms with Crippen molar-refractivity contribution in [2.75, 3.05) is 6.61 Å². The lowest BCUT2D eigenvalue weighted by molar-refractivity contribution is -0.141. The minimum atomic E-state index is -1.18. The summed E-state index contributed by atoms with van der Waals surface area (Å²) in [6.45, 7) is 1.16. The van der Waals surface area contributed by atoms with Crippen molar-refractivity contribution in [2.24, 2.45) is 11.5 Å². The molecule has 0 bridgehead atoms. The number of carbonyl (C=O) groups is 2. The molecule has 0 saturated carbocycles. The van der Waals surface area contributed by atoms with E-state index in [9.17, 15) is 9.59 Å². The summed E-state index contributed by atoms with van der Waals surface area (Å²) in [6.07, 6.45) is -0.859. The van der Waals surface area contributed by atoms with Crippen molar-refractivity contribution >= 4 is 11.9 Å². The van der Waals surface area contributed by atoms with E-state index in [2.05, 4.69) is 0 Å². The molecule has 0 aliphatic carbocycles. The van der Waals surface area contributed by atoms with Crippen molar-refractivity contribution in [3.05, 3.63) is 0 Å². The molecule has 0 rings (SSSR count). The maximum Gasteiger partial charge on any atom is 0.323 e. The van der Waals surface area contributed by atoms with E-state index < -0.39 is 30.1 Å². The average Bonchev–Trinajstić information content (AvgIpc) is 2.17. The highest BCUT2D eigenvalue weighted by molar-refractivity contribution is 5.73. The number of aliphatic hydroxyl groups excluding tert-OH is 2. The van der Waals surface area contributed by atoms with E-state index in [1.54, 1.807) is 0 Å². The van der Waals surface area contributed by atoms with E-state index in [1.165, 1.54) is 6.92 Å². The molecule has 0 aromatic carbocycles. The van der Waals surface area contributed by atoms with Gasteiger partial charge in [-0.1, -0.05) is 0 Å². The third-order valence-electron chi connectivity index (χ3n) is 1.56. The Labute approximate surface area is 92.5 Å². The molecule has 0 fully saturated rings. The number of carboxylic acid groups (broad SMARTS) is 2. The van der Waals surface area contributed by atoms with E-state index in [0.29, 0.717) is 0 Å². The predicted octanol–water partition coefficient (Wildman–Crippen LogP) is -2.44. The van der Waals surface area contributed by atoms with E-state index in [1.807, 2.05) is 0 Å². The van der Waals surface area contributed by atoms with Crippen LogP contribution >= 0.6 is 0 Å². The summed E-state index contributed by atoms with van der Waals surface area (Å²) in [4.78, 5) is 19.7. The molecule has 0 aliphatic heterocycles. The van der Waals surface area contributed by atoms with Gasteiger partial charge in [0.15, 0.2) is 0 Å².